The van der Waals surface area contributed by atoms with E-state index in [9.17, 15) is 10.2 Å². The number of aliphatic hydroxyl groups is 2. The van der Waals surface area contributed by atoms with Gasteiger partial charge >= 0.3 is 0 Å². The van der Waals surface area contributed by atoms with E-state index in [4.69, 9.17) is 9.16 Å². The van der Waals surface area contributed by atoms with Crippen LogP contribution in [0, 0.1) is 5.92 Å². The van der Waals surface area contributed by atoms with E-state index in [1.807, 2.05) is 25.1 Å². The number of rotatable bonds is 13. The van der Waals surface area contributed by atoms with E-state index in [1.54, 1.807) is 0 Å². The van der Waals surface area contributed by atoms with Crippen LogP contribution < -0.4 is 0 Å². The second-order valence-corrected chi connectivity index (χ2v) is 14.8. The first kappa shape index (κ1) is 27.1. The minimum atomic E-state index is -2.00. The first-order valence-corrected chi connectivity index (χ1v) is 14.1. The van der Waals surface area contributed by atoms with Crippen molar-refractivity contribution < 1.29 is 19.4 Å². The van der Waals surface area contributed by atoms with E-state index in [0.29, 0.717) is 6.61 Å². The van der Waals surface area contributed by atoms with Crippen LogP contribution in [0.15, 0.2) is 43.0 Å². The Hall–Kier alpha value is -0.983. The van der Waals surface area contributed by atoms with Crippen molar-refractivity contribution in [3.8, 4) is 0 Å². The molecule has 1 aromatic carbocycles. The molecule has 1 aromatic rings. The normalized spacial score (nSPS) is 17.8. The highest BCUT2D eigenvalue weighted by molar-refractivity contribution is 6.74. The third-order valence-electron chi connectivity index (χ3n) is 6.44. The Labute approximate surface area is 185 Å². The van der Waals surface area contributed by atoms with Crippen LogP contribution in [0.5, 0.6) is 0 Å². The maximum Gasteiger partial charge on any atom is 0.192 e. The molecule has 1 rings (SSSR count). The predicted molar refractivity (Wildman–Crippen MR) is 128 cm³/mol. The van der Waals surface area contributed by atoms with Crippen molar-refractivity contribution >= 4 is 8.32 Å². The third-order valence-corrected chi connectivity index (χ3v) is 10.9. The number of hydrogen-bond acceptors (Lipinski definition) is 4. The number of aliphatic hydroxyl groups excluding tert-OH is 2. The molecule has 0 aliphatic carbocycles. The lowest BCUT2D eigenvalue weighted by Gasteiger charge is -2.42. The largest absolute Gasteiger partial charge is 0.414 e. The lowest BCUT2D eigenvalue weighted by atomic mass is 9.91. The molecule has 2 N–H and O–H groups in total. The van der Waals surface area contributed by atoms with Crippen molar-refractivity contribution in [2.75, 3.05) is 0 Å². The third kappa shape index (κ3) is 9.02. The smallest absolute Gasteiger partial charge is 0.192 e. The standard InChI is InChI=1S/C25H44O4Si/c1-9-22(26)17-23(27)20(3)24(29-30(7,8)25(4,5)6)16-15-19(2)28-18-21-13-11-10-12-14-21/h9-14,19-20,22-24,26-27H,1,15-18H2,2-8H3/t19-,20-,22+,23-,24-/m1/s1. The Morgan fingerprint density at radius 3 is 2.20 bits per heavy atom. The monoisotopic (exact) mass is 436 g/mol. The molecule has 30 heavy (non-hydrogen) atoms. The van der Waals surface area contributed by atoms with Crippen LogP contribution in [0.4, 0.5) is 0 Å². The fourth-order valence-electron chi connectivity index (χ4n) is 3.09. The lowest BCUT2D eigenvalue weighted by molar-refractivity contribution is -0.00950. The molecule has 0 aromatic heterocycles. The van der Waals surface area contributed by atoms with Crippen molar-refractivity contribution in [2.45, 2.75) is 103 Å². The minimum absolute atomic E-state index is 0.0827. The zero-order valence-electron chi connectivity index (χ0n) is 20.1. The molecule has 5 heteroatoms. The predicted octanol–water partition coefficient (Wildman–Crippen LogP) is 5.70. The van der Waals surface area contributed by atoms with Gasteiger partial charge in [-0.25, -0.2) is 0 Å². The van der Waals surface area contributed by atoms with Gasteiger partial charge in [0.25, 0.3) is 0 Å². The van der Waals surface area contributed by atoms with Gasteiger partial charge in [-0.05, 0) is 43.5 Å². The van der Waals surface area contributed by atoms with Gasteiger partial charge in [-0.2, -0.15) is 0 Å². The molecule has 0 unspecified atom stereocenters. The number of ether oxygens (including phenoxy) is 1. The van der Waals surface area contributed by atoms with Gasteiger partial charge < -0.3 is 19.4 Å². The molecular formula is C25H44O4Si. The van der Waals surface area contributed by atoms with Gasteiger partial charge in [-0.1, -0.05) is 64.1 Å². The Morgan fingerprint density at radius 2 is 1.67 bits per heavy atom. The van der Waals surface area contributed by atoms with Gasteiger partial charge in [0.15, 0.2) is 8.32 Å². The van der Waals surface area contributed by atoms with Crippen LogP contribution in [-0.4, -0.2) is 42.9 Å². The van der Waals surface area contributed by atoms with Crippen molar-refractivity contribution in [3.05, 3.63) is 48.6 Å². The van der Waals surface area contributed by atoms with E-state index in [2.05, 4.69) is 59.5 Å². The highest BCUT2D eigenvalue weighted by Gasteiger charge is 2.41. The van der Waals surface area contributed by atoms with E-state index in [-0.39, 0.29) is 29.6 Å². The molecule has 0 aliphatic heterocycles. The van der Waals surface area contributed by atoms with Crippen LogP contribution in [0.3, 0.4) is 0 Å². The molecule has 0 radical (unpaired) electrons. The summed E-state index contributed by atoms with van der Waals surface area (Å²) in [4.78, 5) is 0. The summed E-state index contributed by atoms with van der Waals surface area (Å²) in [7, 11) is -2.00. The summed E-state index contributed by atoms with van der Waals surface area (Å²) >= 11 is 0. The van der Waals surface area contributed by atoms with Gasteiger partial charge in [0.05, 0.1) is 31.0 Å². The summed E-state index contributed by atoms with van der Waals surface area (Å²) in [5.41, 5.74) is 1.17. The second-order valence-electron chi connectivity index (χ2n) is 10.1. The Kier molecular flexibility index (Phi) is 11.0. The fourth-order valence-corrected chi connectivity index (χ4v) is 4.53. The van der Waals surface area contributed by atoms with E-state index in [1.165, 1.54) is 11.6 Å². The zero-order valence-corrected chi connectivity index (χ0v) is 21.1. The van der Waals surface area contributed by atoms with Crippen LogP contribution in [-0.2, 0) is 15.8 Å². The maximum absolute atomic E-state index is 10.7. The molecular weight excluding hydrogens is 392 g/mol. The molecule has 5 atom stereocenters. The summed E-state index contributed by atoms with van der Waals surface area (Å²) in [6.07, 6.45) is 2.08. The lowest BCUT2D eigenvalue weighted by Crippen LogP contribution is -2.47. The van der Waals surface area contributed by atoms with Crippen LogP contribution in [0.2, 0.25) is 18.1 Å². The first-order chi connectivity index (χ1) is 13.9. The molecule has 0 saturated heterocycles. The minimum Gasteiger partial charge on any atom is -0.414 e. The van der Waals surface area contributed by atoms with Crippen molar-refractivity contribution in [2.24, 2.45) is 5.92 Å². The summed E-state index contributed by atoms with van der Waals surface area (Å²) < 4.78 is 12.8. The van der Waals surface area contributed by atoms with Gasteiger partial charge in [0.2, 0.25) is 0 Å². The van der Waals surface area contributed by atoms with Crippen molar-refractivity contribution in [3.63, 3.8) is 0 Å². The van der Waals surface area contributed by atoms with E-state index in [0.717, 1.165) is 12.8 Å². The van der Waals surface area contributed by atoms with E-state index < -0.39 is 20.5 Å². The number of benzene rings is 1. The topological polar surface area (TPSA) is 58.9 Å². The molecule has 0 amide bonds. The molecule has 0 aliphatic rings. The second kappa shape index (κ2) is 12.2. The Morgan fingerprint density at radius 1 is 1.07 bits per heavy atom. The van der Waals surface area contributed by atoms with Crippen molar-refractivity contribution in [1.82, 2.24) is 0 Å². The molecule has 0 fully saturated rings. The Balaban J connectivity index is 2.77. The van der Waals surface area contributed by atoms with Gasteiger partial charge in [0, 0.05) is 12.3 Å². The van der Waals surface area contributed by atoms with Gasteiger partial charge in [0.1, 0.15) is 0 Å². The average Bonchev–Trinajstić information content (AvgIpc) is 2.68. The summed E-state index contributed by atoms with van der Waals surface area (Å²) in [5, 5.41) is 20.7. The summed E-state index contributed by atoms with van der Waals surface area (Å²) in [6, 6.07) is 10.2. The first-order valence-electron chi connectivity index (χ1n) is 11.2. The summed E-state index contributed by atoms with van der Waals surface area (Å²) in [6.45, 7) is 19.5. The number of hydrogen-bond donors (Lipinski definition) is 2. The van der Waals surface area contributed by atoms with Crippen molar-refractivity contribution in [1.29, 1.82) is 0 Å². The Bertz CT molecular complexity index is 611. The molecule has 4 nitrogen and oxygen atoms in total. The molecule has 172 valence electrons. The van der Waals surface area contributed by atoms with Crippen LogP contribution in [0.1, 0.15) is 59.4 Å². The van der Waals surface area contributed by atoms with E-state index >= 15 is 0 Å². The molecule has 0 bridgehead atoms. The molecule has 0 saturated carbocycles. The average molecular weight is 437 g/mol. The van der Waals surface area contributed by atoms with Gasteiger partial charge in [-0.3, -0.25) is 0 Å². The summed E-state index contributed by atoms with van der Waals surface area (Å²) in [5.74, 6) is -0.0879. The highest BCUT2D eigenvalue weighted by Crippen LogP contribution is 2.39. The van der Waals surface area contributed by atoms with Crippen LogP contribution in [0.25, 0.3) is 0 Å². The van der Waals surface area contributed by atoms with Crippen LogP contribution >= 0.6 is 0 Å². The van der Waals surface area contributed by atoms with Gasteiger partial charge in [-0.15, -0.1) is 6.58 Å². The SMILES string of the molecule is C=C[C@H](O)C[C@@H](O)[C@@H](C)[C@@H](CC[C@@H](C)OCc1ccccc1)O[Si](C)(C)C(C)(C)C. The maximum atomic E-state index is 10.7. The quantitative estimate of drug-likeness (QED) is 0.308. The highest BCUT2D eigenvalue weighted by atomic mass is 28.4. The molecule has 0 heterocycles. The zero-order chi connectivity index (χ0) is 22.9. The molecule has 0 spiro atoms. The fraction of sp³-hybridized carbons (Fsp3) is 0.680.